The van der Waals surface area contributed by atoms with Crippen molar-refractivity contribution in [2.24, 2.45) is 0 Å². The average Bonchev–Trinajstić information content (AvgIpc) is 2.97. The molecule has 1 N–H and O–H groups in total. The summed E-state index contributed by atoms with van der Waals surface area (Å²) in [7, 11) is -3.57. The van der Waals surface area contributed by atoms with Crippen LogP contribution in [0.15, 0.2) is 29.2 Å². The van der Waals surface area contributed by atoms with Crippen LogP contribution in [0.4, 0.5) is 5.00 Å². The molecule has 0 bridgehead atoms. The second-order valence-corrected chi connectivity index (χ2v) is 11.5. The molecule has 1 aliphatic heterocycles. The molecule has 0 radical (unpaired) electrons. The third kappa shape index (κ3) is 5.15. The van der Waals surface area contributed by atoms with Gasteiger partial charge in [-0.1, -0.05) is 12.8 Å². The van der Waals surface area contributed by atoms with E-state index in [1.165, 1.54) is 39.9 Å². The van der Waals surface area contributed by atoms with E-state index in [4.69, 9.17) is 4.74 Å². The van der Waals surface area contributed by atoms with Gasteiger partial charge in [-0.3, -0.25) is 4.79 Å². The van der Waals surface area contributed by atoms with E-state index in [1.54, 1.807) is 6.92 Å². The van der Waals surface area contributed by atoms with Gasteiger partial charge in [0, 0.05) is 23.5 Å². The van der Waals surface area contributed by atoms with Gasteiger partial charge in [-0.05, 0) is 75.3 Å². The highest BCUT2D eigenvalue weighted by Crippen LogP contribution is 2.38. The first-order valence-corrected chi connectivity index (χ1v) is 13.9. The lowest BCUT2D eigenvalue weighted by Gasteiger charge is -2.20. The second-order valence-electron chi connectivity index (χ2n) is 8.43. The molecule has 4 rings (SSSR count). The molecule has 33 heavy (non-hydrogen) atoms. The number of ether oxygens (including phenoxy) is 1. The summed E-state index contributed by atoms with van der Waals surface area (Å²) in [6.07, 6.45) is 7.60. The van der Waals surface area contributed by atoms with Crippen LogP contribution in [0.1, 0.15) is 76.6 Å². The van der Waals surface area contributed by atoms with E-state index in [0.29, 0.717) is 29.2 Å². The van der Waals surface area contributed by atoms with Gasteiger partial charge in [0.05, 0.1) is 17.1 Å². The van der Waals surface area contributed by atoms with Crippen LogP contribution in [-0.4, -0.2) is 44.3 Å². The summed E-state index contributed by atoms with van der Waals surface area (Å²) in [5.74, 6) is -0.788. The SMILES string of the molecule is CCOC(=O)c1c(NC(=O)c2ccc(S(=O)(=O)N3CCCCCC3)cc2)sc2c1CCCC2. The standard InChI is InChI=1S/C24H30N2O5S2/c1-2-31-24(28)21-19-9-5-6-10-20(19)32-23(21)25-22(27)17-11-13-18(14-12-17)33(29,30)26-15-7-3-4-8-16-26/h11-14H,2-10,15-16H2,1H3,(H,25,27). The van der Waals surface area contributed by atoms with Crippen LogP contribution in [0.25, 0.3) is 0 Å². The number of aryl methyl sites for hydroxylation is 1. The summed E-state index contributed by atoms with van der Waals surface area (Å²) in [6, 6.07) is 6.02. The Balaban J connectivity index is 1.54. The van der Waals surface area contributed by atoms with Crippen LogP contribution in [0.5, 0.6) is 0 Å². The molecule has 1 amide bonds. The maximum atomic E-state index is 13.0. The Bertz CT molecular complexity index is 1110. The number of anilines is 1. The number of benzene rings is 1. The number of amides is 1. The molecular weight excluding hydrogens is 460 g/mol. The highest BCUT2D eigenvalue weighted by atomic mass is 32.2. The normalized spacial score (nSPS) is 17.1. The molecule has 2 aromatic rings. The van der Waals surface area contributed by atoms with Crippen LogP contribution >= 0.6 is 11.3 Å². The van der Waals surface area contributed by atoms with Crippen molar-refractivity contribution in [2.45, 2.75) is 63.2 Å². The molecule has 2 aliphatic rings. The average molecular weight is 491 g/mol. The summed E-state index contributed by atoms with van der Waals surface area (Å²) < 4.78 is 32.7. The number of hydrogen-bond donors (Lipinski definition) is 1. The van der Waals surface area contributed by atoms with Gasteiger partial charge in [-0.15, -0.1) is 11.3 Å². The minimum Gasteiger partial charge on any atom is -0.462 e. The molecule has 1 aromatic carbocycles. The fourth-order valence-electron chi connectivity index (χ4n) is 4.46. The maximum absolute atomic E-state index is 13.0. The van der Waals surface area contributed by atoms with E-state index in [9.17, 15) is 18.0 Å². The van der Waals surface area contributed by atoms with Crippen molar-refractivity contribution in [3.63, 3.8) is 0 Å². The Morgan fingerprint density at radius 2 is 1.67 bits per heavy atom. The zero-order valence-corrected chi connectivity index (χ0v) is 20.5. The van der Waals surface area contributed by atoms with Crippen LogP contribution in [-0.2, 0) is 27.6 Å². The maximum Gasteiger partial charge on any atom is 0.341 e. The number of nitrogens with one attached hydrogen (secondary N) is 1. The van der Waals surface area contributed by atoms with Gasteiger partial charge < -0.3 is 10.1 Å². The zero-order chi connectivity index (χ0) is 23.4. The van der Waals surface area contributed by atoms with Crippen molar-refractivity contribution in [1.29, 1.82) is 0 Å². The summed E-state index contributed by atoms with van der Waals surface area (Å²) in [6.45, 7) is 3.09. The lowest BCUT2D eigenvalue weighted by atomic mass is 9.95. The predicted molar refractivity (Wildman–Crippen MR) is 129 cm³/mol. The van der Waals surface area contributed by atoms with Crippen molar-refractivity contribution in [2.75, 3.05) is 25.0 Å². The van der Waals surface area contributed by atoms with Crippen LogP contribution in [0.3, 0.4) is 0 Å². The molecule has 1 aromatic heterocycles. The Hall–Kier alpha value is -2.23. The van der Waals surface area contributed by atoms with E-state index in [0.717, 1.165) is 61.8 Å². The Morgan fingerprint density at radius 3 is 2.33 bits per heavy atom. The molecule has 0 spiro atoms. The third-order valence-corrected chi connectivity index (χ3v) is 9.32. The highest BCUT2D eigenvalue weighted by molar-refractivity contribution is 7.89. The summed E-state index contributed by atoms with van der Waals surface area (Å²) in [4.78, 5) is 26.9. The van der Waals surface area contributed by atoms with Crippen molar-refractivity contribution < 1.29 is 22.7 Å². The molecule has 1 saturated heterocycles. The summed E-state index contributed by atoms with van der Waals surface area (Å²) >= 11 is 1.43. The number of carbonyl (C=O) groups is 2. The Labute approximate surface area is 199 Å². The second kappa shape index (κ2) is 10.4. The van der Waals surface area contributed by atoms with E-state index < -0.39 is 16.0 Å². The molecule has 178 valence electrons. The fourth-order valence-corrected chi connectivity index (χ4v) is 7.25. The smallest absolute Gasteiger partial charge is 0.341 e. The van der Waals surface area contributed by atoms with Gasteiger partial charge in [0.25, 0.3) is 5.91 Å². The largest absolute Gasteiger partial charge is 0.462 e. The number of fused-ring (bicyclic) bond motifs is 1. The van der Waals surface area contributed by atoms with Gasteiger partial charge in [-0.2, -0.15) is 4.31 Å². The predicted octanol–water partition coefficient (Wildman–Crippen LogP) is 4.62. The lowest BCUT2D eigenvalue weighted by molar-refractivity contribution is 0.0526. The first-order valence-electron chi connectivity index (χ1n) is 11.6. The minimum absolute atomic E-state index is 0.194. The van der Waals surface area contributed by atoms with Crippen molar-refractivity contribution in [3.05, 3.63) is 45.8 Å². The minimum atomic E-state index is -3.57. The molecule has 9 heteroatoms. The van der Waals surface area contributed by atoms with Crippen molar-refractivity contribution in [1.82, 2.24) is 4.31 Å². The number of sulfonamides is 1. The molecule has 1 fully saturated rings. The first-order chi connectivity index (χ1) is 15.9. The number of nitrogens with zero attached hydrogens (tertiary/aromatic N) is 1. The van der Waals surface area contributed by atoms with Crippen LogP contribution < -0.4 is 5.32 Å². The van der Waals surface area contributed by atoms with Crippen molar-refractivity contribution in [3.8, 4) is 0 Å². The van der Waals surface area contributed by atoms with E-state index in [2.05, 4.69) is 5.32 Å². The van der Waals surface area contributed by atoms with Crippen LogP contribution in [0, 0.1) is 0 Å². The van der Waals surface area contributed by atoms with Gasteiger partial charge in [0.1, 0.15) is 5.00 Å². The Kier molecular flexibility index (Phi) is 7.51. The molecule has 1 aliphatic carbocycles. The monoisotopic (exact) mass is 490 g/mol. The zero-order valence-electron chi connectivity index (χ0n) is 18.9. The molecular formula is C24H30N2O5S2. The number of rotatable bonds is 6. The number of esters is 1. The molecule has 0 saturated carbocycles. The van der Waals surface area contributed by atoms with Gasteiger partial charge >= 0.3 is 5.97 Å². The fraction of sp³-hybridized carbons (Fsp3) is 0.500. The molecule has 2 heterocycles. The van der Waals surface area contributed by atoms with E-state index in [1.807, 2.05) is 0 Å². The van der Waals surface area contributed by atoms with Crippen LogP contribution in [0.2, 0.25) is 0 Å². The number of hydrogen-bond acceptors (Lipinski definition) is 6. The van der Waals surface area contributed by atoms with Crippen molar-refractivity contribution >= 4 is 38.2 Å². The van der Waals surface area contributed by atoms with Gasteiger partial charge in [0.15, 0.2) is 0 Å². The number of thiophene rings is 1. The van der Waals surface area contributed by atoms with E-state index >= 15 is 0 Å². The molecule has 0 atom stereocenters. The molecule has 7 nitrogen and oxygen atoms in total. The van der Waals surface area contributed by atoms with Gasteiger partial charge in [-0.25, -0.2) is 13.2 Å². The first kappa shape index (κ1) is 23.9. The topological polar surface area (TPSA) is 92.8 Å². The van der Waals surface area contributed by atoms with Gasteiger partial charge in [0.2, 0.25) is 10.0 Å². The third-order valence-electron chi connectivity index (χ3n) is 6.20. The summed E-state index contributed by atoms with van der Waals surface area (Å²) in [5.41, 5.74) is 1.79. The summed E-state index contributed by atoms with van der Waals surface area (Å²) in [5, 5.41) is 3.38. The Morgan fingerprint density at radius 1 is 1.00 bits per heavy atom. The highest BCUT2D eigenvalue weighted by Gasteiger charge is 2.28. The molecule has 0 unspecified atom stereocenters. The number of carbonyl (C=O) groups excluding carboxylic acids is 2. The van der Waals surface area contributed by atoms with E-state index in [-0.39, 0.29) is 17.4 Å². The quantitative estimate of drug-likeness (QED) is 0.597. The lowest BCUT2D eigenvalue weighted by Crippen LogP contribution is -2.31.